The fourth-order valence-electron chi connectivity index (χ4n) is 3.62. The van der Waals surface area contributed by atoms with E-state index in [0.29, 0.717) is 5.92 Å². The molecule has 3 atom stereocenters. The van der Waals surface area contributed by atoms with Crippen LogP contribution in [0.25, 0.3) is 0 Å². The van der Waals surface area contributed by atoms with Gasteiger partial charge in [0.1, 0.15) is 0 Å². The molecular weight excluding hydrogens is 290 g/mol. The van der Waals surface area contributed by atoms with Gasteiger partial charge in [-0.15, -0.1) is 12.4 Å². The van der Waals surface area contributed by atoms with Crippen molar-refractivity contribution >= 4 is 18.1 Å². The summed E-state index contributed by atoms with van der Waals surface area (Å²) in [7, 11) is 0. The summed E-state index contributed by atoms with van der Waals surface area (Å²) < 4.78 is 0. The Labute approximate surface area is 131 Å². The van der Waals surface area contributed by atoms with E-state index in [-0.39, 0.29) is 29.1 Å². The van der Waals surface area contributed by atoms with Crippen LogP contribution in [0.1, 0.15) is 24.9 Å². The highest BCUT2D eigenvalue weighted by Gasteiger charge is 2.35. The number of likely N-dealkylation sites (tertiary alicyclic amines) is 1. The predicted octanol–water partition coefficient (Wildman–Crippen LogP) is 2.62. The van der Waals surface area contributed by atoms with Crippen molar-refractivity contribution in [2.75, 3.05) is 26.2 Å². The Morgan fingerprint density at radius 3 is 2.81 bits per heavy atom. The largest absolute Gasteiger partial charge is 0.316 e. The molecule has 0 radical (unpaired) electrons. The summed E-state index contributed by atoms with van der Waals surface area (Å²) in [5.74, 6) is 1.50. The van der Waals surface area contributed by atoms with Gasteiger partial charge in [0.2, 0.25) is 0 Å². The van der Waals surface area contributed by atoms with Crippen LogP contribution in [0.4, 0.5) is 5.69 Å². The molecule has 5 nitrogen and oxygen atoms in total. The van der Waals surface area contributed by atoms with E-state index in [1.165, 1.54) is 6.42 Å². The van der Waals surface area contributed by atoms with Gasteiger partial charge in [-0.1, -0.05) is 18.2 Å². The molecule has 0 bridgehead atoms. The van der Waals surface area contributed by atoms with Crippen LogP contribution in [0.2, 0.25) is 0 Å². The van der Waals surface area contributed by atoms with Crippen molar-refractivity contribution in [3.8, 4) is 0 Å². The molecule has 1 aromatic carbocycles. The van der Waals surface area contributed by atoms with Crippen LogP contribution in [0.15, 0.2) is 24.3 Å². The number of hydrogen-bond acceptors (Lipinski definition) is 4. The number of halogens is 1. The summed E-state index contributed by atoms with van der Waals surface area (Å²) in [5.41, 5.74) is 1.08. The molecule has 1 N–H and O–H groups in total. The fraction of sp³-hybridized carbons (Fsp3) is 0.600. The zero-order valence-corrected chi connectivity index (χ0v) is 13.0. The number of hydrogen-bond donors (Lipinski definition) is 1. The minimum atomic E-state index is -0.268. The Morgan fingerprint density at radius 2 is 2.05 bits per heavy atom. The molecule has 21 heavy (non-hydrogen) atoms. The topological polar surface area (TPSA) is 58.4 Å². The minimum Gasteiger partial charge on any atom is -0.316 e. The van der Waals surface area contributed by atoms with E-state index in [1.54, 1.807) is 12.1 Å². The molecule has 2 fully saturated rings. The normalized spacial score (nSPS) is 26.7. The zero-order chi connectivity index (χ0) is 14.1. The second-order valence-electron chi connectivity index (χ2n) is 5.95. The van der Waals surface area contributed by atoms with Crippen LogP contribution in [0, 0.1) is 22.0 Å². The lowest BCUT2D eigenvalue weighted by atomic mass is 9.87. The molecular formula is C15H22ClN3O2. The van der Waals surface area contributed by atoms with Crippen LogP contribution in [-0.4, -0.2) is 36.0 Å². The van der Waals surface area contributed by atoms with E-state index in [0.717, 1.165) is 37.7 Å². The SMILES string of the molecule is CC(c1ccccc1[N+](=O)[O-])N1CCC2CNCC2C1.Cl. The van der Waals surface area contributed by atoms with Gasteiger partial charge in [-0.2, -0.15) is 0 Å². The monoisotopic (exact) mass is 311 g/mol. The van der Waals surface area contributed by atoms with E-state index in [9.17, 15) is 10.1 Å². The summed E-state index contributed by atoms with van der Waals surface area (Å²) >= 11 is 0. The fourth-order valence-corrected chi connectivity index (χ4v) is 3.62. The molecule has 6 heteroatoms. The smallest absolute Gasteiger partial charge is 0.274 e. The molecule has 2 saturated heterocycles. The molecule has 2 aliphatic heterocycles. The Balaban J connectivity index is 0.00000161. The minimum absolute atomic E-state index is 0. The standard InChI is InChI=1S/C15H21N3O2.ClH/c1-11(14-4-2-3-5-15(14)18(19)20)17-7-6-12-8-16-9-13(12)10-17;/h2-5,11-13,16H,6-10H2,1H3;1H. The van der Waals surface area contributed by atoms with Gasteiger partial charge in [-0.25, -0.2) is 0 Å². The second kappa shape index (κ2) is 6.73. The maximum absolute atomic E-state index is 11.2. The predicted molar refractivity (Wildman–Crippen MR) is 84.8 cm³/mol. The van der Waals surface area contributed by atoms with E-state index in [2.05, 4.69) is 17.1 Å². The molecule has 0 aliphatic carbocycles. The van der Waals surface area contributed by atoms with Crippen molar-refractivity contribution < 1.29 is 4.92 Å². The number of piperidine rings is 1. The average molecular weight is 312 g/mol. The molecule has 0 amide bonds. The van der Waals surface area contributed by atoms with E-state index >= 15 is 0 Å². The Kier molecular flexibility index (Phi) is 5.19. The van der Waals surface area contributed by atoms with Gasteiger partial charge >= 0.3 is 0 Å². The van der Waals surface area contributed by atoms with Crippen LogP contribution in [0.5, 0.6) is 0 Å². The lowest BCUT2D eigenvalue weighted by molar-refractivity contribution is -0.386. The molecule has 0 spiro atoms. The van der Waals surface area contributed by atoms with Crippen molar-refractivity contribution in [2.24, 2.45) is 11.8 Å². The lowest BCUT2D eigenvalue weighted by Crippen LogP contribution is -2.41. The third-order valence-corrected chi connectivity index (χ3v) is 4.87. The van der Waals surface area contributed by atoms with Crippen molar-refractivity contribution in [3.05, 3.63) is 39.9 Å². The first-order valence-corrected chi connectivity index (χ1v) is 7.35. The molecule has 2 aliphatic rings. The lowest BCUT2D eigenvalue weighted by Gasteiger charge is -2.38. The van der Waals surface area contributed by atoms with Crippen molar-refractivity contribution in [3.63, 3.8) is 0 Å². The number of nitro benzene ring substituents is 1. The van der Waals surface area contributed by atoms with Gasteiger partial charge in [-0.3, -0.25) is 15.0 Å². The van der Waals surface area contributed by atoms with Crippen LogP contribution in [-0.2, 0) is 0 Å². The summed E-state index contributed by atoms with van der Waals surface area (Å²) in [4.78, 5) is 13.3. The third-order valence-electron chi connectivity index (χ3n) is 4.87. The molecule has 3 rings (SSSR count). The number of nitrogens with one attached hydrogen (secondary N) is 1. The van der Waals surface area contributed by atoms with Crippen molar-refractivity contribution in [2.45, 2.75) is 19.4 Å². The number of fused-ring (bicyclic) bond motifs is 1. The Hall–Kier alpha value is -1.17. The first kappa shape index (κ1) is 16.2. The Bertz CT molecular complexity index is 511. The van der Waals surface area contributed by atoms with Crippen molar-refractivity contribution in [1.29, 1.82) is 0 Å². The molecule has 3 unspecified atom stereocenters. The second-order valence-corrected chi connectivity index (χ2v) is 5.95. The molecule has 116 valence electrons. The van der Waals surface area contributed by atoms with Gasteiger partial charge in [0.25, 0.3) is 5.69 Å². The highest BCUT2D eigenvalue weighted by atomic mass is 35.5. The number of benzene rings is 1. The molecule has 1 aromatic rings. The van der Waals surface area contributed by atoms with Crippen LogP contribution >= 0.6 is 12.4 Å². The van der Waals surface area contributed by atoms with Gasteiger partial charge in [0.05, 0.1) is 4.92 Å². The van der Waals surface area contributed by atoms with Crippen LogP contribution in [0.3, 0.4) is 0 Å². The quantitative estimate of drug-likeness (QED) is 0.688. The zero-order valence-electron chi connectivity index (χ0n) is 12.2. The maximum atomic E-state index is 11.2. The average Bonchev–Trinajstić information content (AvgIpc) is 2.93. The summed E-state index contributed by atoms with van der Waals surface area (Å²) in [6, 6.07) is 7.24. The van der Waals surface area contributed by atoms with Gasteiger partial charge in [0.15, 0.2) is 0 Å². The van der Waals surface area contributed by atoms with E-state index < -0.39 is 0 Å². The molecule has 0 aromatic heterocycles. The van der Waals surface area contributed by atoms with Crippen molar-refractivity contribution in [1.82, 2.24) is 10.2 Å². The first-order valence-electron chi connectivity index (χ1n) is 7.35. The van der Waals surface area contributed by atoms with Gasteiger partial charge < -0.3 is 5.32 Å². The third kappa shape index (κ3) is 3.20. The molecule has 2 heterocycles. The maximum Gasteiger partial charge on any atom is 0.274 e. The Morgan fingerprint density at radius 1 is 1.33 bits per heavy atom. The highest BCUT2D eigenvalue weighted by molar-refractivity contribution is 5.85. The van der Waals surface area contributed by atoms with E-state index in [4.69, 9.17) is 0 Å². The summed E-state index contributed by atoms with van der Waals surface area (Å²) in [6.07, 6.45) is 1.20. The molecule has 0 saturated carbocycles. The highest BCUT2D eigenvalue weighted by Crippen LogP contribution is 2.34. The van der Waals surface area contributed by atoms with Crippen LogP contribution < -0.4 is 5.32 Å². The first-order chi connectivity index (χ1) is 9.66. The number of para-hydroxylation sites is 1. The van der Waals surface area contributed by atoms with Gasteiger partial charge in [-0.05, 0) is 44.8 Å². The number of rotatable bonds is 3. The summed E-state index contributed by atoms with van der Waals surface area (Å²) in [6.45, 7) is 6.40. The van der Waals surface area contributed by atoms with E-state index in [1.807, 2.05) is 12.1 Å². The van der Waals surface area contributed by atoms with Gasteiger partial charge in [0, 0.05) is 24.2 Å². The number of nitrogens with zero attached hydrogens (tertiary/aromatic N) is 2. The summed E-state index contributed by atoms with van der Waals surface area (Å²) in [5, 5.41) is 14.6. The number of nitro groups is 1.